The maximum atomic E-state index is 5.66. The van der Waals surface area contributed by atoms with Crippen molar-refractivity contribution in [3.63, 3.8) is 0 Å². The average molecular weight is 248 g/mol. The molecule has 18 heavy (non-hydrogen) atoms. The van der Waals surface area contributed by atoms with Gasteiger partial charge >= 0.3 is 0 Å². The highest BCUT2D eigenvalue weighted by Crippen LogP contribution is 2.23. The fraction of sp³-hybridized carbons (Fsp3) is 0.636. The number of anilines is 1. The van der Waals surface area contributed by atoms with Gasteiger partial charge in [0, 0.05) is 19.1 Å². The molecule has 1 N–H and O–H groups in total. The van der Waals surface area contributed by atoms with E-state index in [9.17, 15) is 0 Å². The van der Waals surface area contributed by atoms with Gasteiger partial charge in [0.2, 0.25) is 0 Å². The Balaban J connectivity index is 1.65. The molecule has 0 spiro atoms. The molecule has 3 heterocycles. The molecule has 2 aromatic heterocycles. The second-order valence-corrected chi connectivity index (χ2v) is 4.49. The van der Waals surface area contributed by atoms with Crippen LogP contribution in [0.5, 0.6) is 0 Å². The zero-order valence-electron chi connectivity index (χ0n) is 10.3. The SMILES string of the molecule is CCC1OCCC1CNc1ccc2nnnn2n1. The maximum absolute atomic E-state index is 5.66. The largest absolute Gasteiger partial charge is 0.378 e. The lowest BCUT2D eigenvalue weighted by Crippen LogP contribution is -2.23. The Hall–Kier alpha value is -1.76. The van der Waals surface area contributed by atoms with Crippen molar-refractivity contribution in [2.75, 3.05) is 18.5 Å². The minimum Gasteiger partial charge on any atom is -0.378 e. The van der Waals surface area contributed by atoms with Crippen LogP contribution in [0.15, 0.2) is 12.1 Å². The smallest absolute Gasteiger partial charge is 0.200 e. The van der Waals surface area contributed by atoms with Gasteiger partial charge < -0.3 is 10.1 Å². The molecule has 2 unspecified atom stereocenters. The van der Waals surface area contributed by atoms with Gasteiger partial charge in [0.25, 0.3) is 0 Å². The molecule has 7 nitrogen and oxygen atoms in total. The summed E-state index contributed by atoms with van der Waals surface area (Å²) in [5.41, 5.74) is 0.649. The van der Waals surface area contributed by atoms with Gasteiger partial charge in [-0.2, -0.15) is 0 Å². The van der Waals surface area contributed by atoms with Gasteiger partial charge in [-0.25, -0.2) is 0 Å². The minimum absolute atomic E-state index is 0.370. The van der Waals surface area contributed by atoms with Gasteiger partial charge in [-0.05, 0) is 35.4 Å². The molecule has 1 aliphatic rings. The molecule has 0 amide bonds. The monoisotopic (exact) mass is 248 g/mol. The standard InChI is InChI=1S/C11H16N6O/c1-2-9-8(5-6-18-9)7-12-10-3-4-11-13-15-16-17(11)14-10/h3-4,8-9H,2,5-7H2,1H3,(H,12,14). The quantitative estimate of drug-likeness (QED) is 0.860. The van der Waals surface area contributed by atoms with Crippen molar-refractivity contribution in [2.24, 2.45) is 5.92 Å². The van der Waals surface area contributed by atoms with Crippen LogP contribution in [-0.4, -0.2) is 44.5 Å². The summed E-state index contributed by atoms with van der Waals surface area (Å²) in [4.78, 5) is 0. The van der Waals surface area contributed by atoms with Crippen molar-refractivity contribution in [2.45, 2.75) is 25.9 Å². The molecule has 1 fully saturated rings. The van der Waals surface area contributed by atoms with Gasteiger partial charge in [-0.15, -0.1) is 14.8 Å². The lowest BCUT2D eigenvalue weighted by atomic mass is 10.00. The number of nitrogens with one attached hydrogen (secondary N) is 1. The van der Waals surface area contributed by atoms with E-state index in [1.165, 1.54) is 4.63 Å². The predicted octanol–water partition coefficient (Wildman–Crippen LogP) is 0.746. The number of hydrogen-bond donors (Lipinski definition) is 1. The van der Waals surface area contributed by atoms with Crippen LogP contribution in [0.25, 0.3) is 5.65 Å². The lowest BCUT2D eigenvalue weighted by Gasteiger charge is -2.17. The minimum atomic E-state index is 0.370. The van der Waals surface area contributed by atoms with Crippen LogP contribution in [0, 0.1) is 5.92 Å². The zero-order valence-corrected chi connectivity index (χ0v) is 10.3. The summed E-state index contributed by atoms with van der Waals surface area (Å²) in [6, 6.07) is 3.74. The molecule has 1 aliphatic heterocycles. The summed E-state index contributed by atoms with van der Waals surface area (Å²) in [6.07, 6.45) is 2.54. The molecule has 96 valence electrons. The van der Waals surface area contributed by atoms with E-state index in [2.05, 4.69) is 32.9 Å². The van der Waals surface area contributed by atoms with E-state index in [4.69, 9.17) is 4.74 Å². The van der Waals surface area contributed by atoms with Crippen molar-refractivity contribution in [1.82, 2.24) is 25.3 Å². The second kappa shape index (κ2) is 4.85. The molecule has 2 aromatic rings. The van der Waals surface area contributed by atoms with Crippen molar-refractivity contribution in [3.8, 4) is 0 Å². The molecular weight excluding hydrogens is 232 g/mol. The van der Waals surface area contributed by atoms with E-state index in [-0.39, 0.29) is 0 Å². The van der Waals surface area contributed by atoms with Crippen molar-refractivity contribution >= 4 is 11.5 Å². The zero-order chi connectivity index (χ0) is 12.4. The normalized spacial score (nSPS) is 23.6. The van der Waals surface area contributed by atoms with E-state index >= 15 is 0 Å². The molecule has 0 aliphatic carbocycles. The third kappa shape index (κ3) is 2.13. The fourth-order valence-corrected chi connectivity index (χ4v) is 2.36. The van der Waals surface area contributed by atoms with Crippen LogP contribution in [0.3, 0.4) is 0 Å². The molecule has 2 atom stereocenters. The maximum Gasteiger partial charge on any atom is 0.200 e. The van der Waals surface area contributed by atoms with Crippen molar-refractivity contribution < 1.29 is 4.74 Å². The number of nitrogens with zero attached hydrogens (tertiary/aromatic N) is 5. The highest BCUT2D eigenvalue weighted by atomic mass is 16.5. The van der Waals surface area contributed by atoms with Crippen LogP contribution in [0.4, 0.5) is 5.82 Å². The molecule has 0 saturated carbocycles. The Bertz CT molecular complexity index is 527. The molecule has 3 rings (SSSR count). The van der Waals surface area contributed by atoms with Crippen molar-refractivity contribution in [3.05, 3.63) is 12.1 Å². The number of aromatic nitrogens is 5. The molecule has 0 radical (unpaired) electrons. The molecule has 0 bridgehead atoms. The summed E-state index contributed by atoms with van der Waals surface area (Å²) in [5, 5.41) is 18.7. The van der Waals surface area contributed by atoms with Crippen LogP contribution >= 0.6 is 0 Å². The number of hydrogen-bond acceptors (Lipinski definition) is 6. The summed E-state index contributed by atoms with van der Waals surface area (Å²) in [6.45, 7) is 3.90. The third-order valence-corrected chi connectivity index (χ3v) is 3.36. The summed E-state index contributed by atoms with van der Waals surface area (Å²) >= 11 is 0. The number of rotatable bonds is 4. The molecule has 7 heteroatoms. The third-order valence-electron chi connectivity index (χ3n) is 3.36. The Morgan fingerprint density at radius 2 is 2.44 bits per heavy atom. The predicted molar refractivity (Wildman–Crippen MR) is 65.2 cm³/mol. The van der Waals surface area contributed by atoms with Gasteiger partial charge in [0.05, 0.1) is 6.10 Å². The summed E-state index contributed by atoms with van der Waals surface area (Å²) in [5.74, 6) is 1.35. The van der Waals surface area contributed by atoms with Crippen LogP contribution < -0.4 is 5.32 Å². The first-order valence-corrected chi connectivity index (χ1v) is 6.27. The lowest BCUT2D eigenvalue weighted by molar-refractivity contribution is 0.0900. The van der Waals surface area contributed by atoms with E-state index < -0.39 is 0 Å². The number of ether oxygens (including phenoxy) is 1. The fourth-order valence-electron chi connectivity index (χ4n) is 2.36. The first-order chi connectivity index (χ1) is 8.86. The molecule has 0 aromatic carbocycles. The second-order valence-electron chi connectivity index (χ2n) is 4.49. The van der Waals surface area contributed by atoms with Crippen molar-refractivity contribution in [1.29, 1.82) is 0 Å². The van der Waals surface area contributed by atoms with Gasteiger partial charge in [0.15, 0.2) is 5.65 Å². The Labute approximate surface area is 105 Å². The Morgan fingerprint density at radius 1 is 1.50 bits per heavy atom. The summed E-state index contributed by atoms with van der Waals surface area (Å²) in [7, 11) is 0. The molecular formula is C11H16N6O. The number of tetrazole rings is 1. The van der Waals surface area contributed by atoms with Gasteiger partial charge in [-0.3, -0.25) is 0 Å². The number of fused-ring (bicyclic) bond motifs is 1. The van der Waals surface area contributed by atoms with Crippen LogP contribution in [0.1, 0.15) is 19.8 Å². The van der Waals surface area contributed by atoms with E-state index in [0.717, 1.165) is 31.8 Å². The average Bonchev–Trinajstić information content (AvgIpc) is 3.04. The van der Waals surface area contributed by atoms with E-state index in [1.807, 2.05) is 12.1 Å². The Morgan fingerprint density at radius 3 is 3.33 bits per heavy atom. The van der Waals surface area contributed by atoms with E-state index in [1.54, 1.807) is 0 Å². The highest BCUT2D eigenvalue weighted by molar-refractivity contribution is 5.42. The molecule has 1 saturated heterocycles. The first-order valence-electron chi connectivity index (χ1n) is 6.27. The van der Waals surface area contributed by atoms with Crippen LogP contribution in [0.2, 0.25) is 0 Å². The highest BCUT2D eigenvalue weighted by Gasteiger charge is 2.26. The Kier molecular flexibility index (Phi) is 3.06. The first kappa shape index (κ1) is 11.3. The van der Waals surface area contributed by atoms with Gasteiger partial charge in [-0.1, -0.05) is 6.92 Å². The van der Waals surface area contributed by atoms with Gasteiger partial charge in [0.1, 0.15) is 5.82 Å². The summed E-state index contributed by atoms with van der Waals surface area (Å²) < 4.78 is 7.08. The topological polar surface area (TPSA) is 77.2 Å². The van der Waals surface area contributed by atoms with E-state index in [0.29, 0.717) is 17.7 Å². The van der Waals surface area contributed by atoms with Crippen LogP contribution in [-0.2, 0) is 4.74 Å².